The predicted octanol–water partition coefficient (Wildman–Crippen LogP) is 1.65. The molecule has 1 aliphatic heterocycles. The van der Waals surface area contributed by atoms with Crippen LogP contribution in [-0.4, -0.2) is 51.6 Å². The molecular formula is C17H23N5O. The molecule has 6 heteroatoms. The lowest BCUT2D eigenvalue weighted by molar-refractivity contribution is 0.101. The highest BCUT2D eigenvalue weighted by molar-refractivity contribution is 5.94. The van der Waals surface area contributed by atoms with Gasteiger partial charge in [0.1, 0.15) is 11.6 Å². The number of anilines is 1. The Bertz CT molecular complexity index is 684. The summed E-state index contributed by atoms with van der Waals surface area (Å²) in [5.41, 5.74) is 1.95. The first-order chi connectivity index (χ1) is 11.0. The lowest BCUT2D eigenvalue weighted by Crippen LogP contribution is -2.46. The number of aromatic nitrogens is 3. The smallest absolute Gasteiger partial charge is 0.159 e. The minimum atomic E-state index is 0.111. The van der Waals surface area contributed by atoms with Crippen molar-refractivity contribution in [1.29, 1.82) is 0 Å². The molecule has 6 nitrogen and oxygen atoms in total. The number of nitrogens with zero attached hydrogens (tertiary/aromatic N) is 5. The van der Waals surface area contributed by atoms with E-state index in [2.05, 4.69) is 20.0 Å². The van der Waals surface area contributed by atoms with Crippen LogP contribution in [0.5, 0.6) is 0 Å². The van der Waals surface area contributed by atoms with E-state index in [4.69, 9.17) is 0 Å². The standard InChI is InChI=1S/C17H23N5O/c1-13(23)15-4-6-16(7-5-15)22-10-8-21(9-11-22)12-17-19-18-14(2)20(17)3/h4-7H,8-12H2,1-3H3. The molecule has 0 amide bonds. The molecule has 23 heavy (non-hydrogen) atoms. The van der Waals surface area contributed by atoms with Gasteiger partial charge in [-0.1, -0.05) is 0 Å². The van der Waals surface area contributed by atoms with Gasteiger partial charge in [-0.15, -0.1) is 10.2 Å². The minimum Gasteiger partial charge on any atom is -0.369 e. The van der Waals surface area contributed by atoms with E-state index in [0.29, 0.717) is 0 Å². The second kappa shape index (κ2) is 6.50. The fourth-order valence-corrected chi connectivity index (χ4v) is 2.86. The van der Waals surface area contributed by atoms with Crippen LogP contribution in [0.4, 0.5) is 5.69 Å². The van der Waals surface area contributed by atoms with Gasteiger partial charge in [-0.3, -0.25) is 9.69 Å². The molecule has 1 fully saturated rings. The van der Waals surface area contributed by atoms with Crippen molar-refractivity contribution < 1.29 is 4.79 Å². The van der Waals surface area contributed by atoms with Crippen molar-refractivity contribution in [2.45, 2.75) is 20.4 Å². The maximum atomic E-state index is 11.3. The van der Waals surface area contributed by atoms with Gasteiger partial charge in [0.15, 0.2) is 5.78 Å². The van der Waals surface area contributed by atoms with Crippen molar-refractivity contribution in [3.63, 3.8) is 0 Å². The summed E-state index contributed by atoms with van der Waals surface area (Å²) in [6, 6.07) is 7.90. The summed E-state index contributed by atoms with van der Waals surface area (Å²) in [5, 5.41) is 8.35. The van der Waals surface area contributed by atoms with Crippen LogP contribution >= 0.6 is 0 Å². The zero-order valence-electron chi connectivity index (χ0n) is 14.0. The highest BCUT2D eigenvalue weighted by atomic mass is 16.1. The molecule has 0 atom stereocenters. The van der Waals surface area contributed by atoms with Gasteiger partial charge in [-0.05, 0) is 38.1 Å². The van der Waals surface area contributed by atoms with Crippen LogP contribution in [0.1, 0.15) is 28.9 Å². The maximum absolute atomic E-state index is 11.3. The molecule has 3 rings (SSSR count). The Balaban J connectivity index is 1.57. The molecule has 0 aliphatic carbocycles. The summed E-state index contributed by atoms with van der Waals surface area (Å²) < 4.78 is 2.05. The van der Waals surface area contributed by atoms with Gasteiger partial charge in [0, 0.05) is 44.5 Å². The summed E-state index contributed by atoms with van der Waals surface area (Å²) in [6.45, 7) is 8.38. The second-order valence-electron chi connectivity index (χ2n) is 6.09. The minimum absolute atomic E-state index is 0.111. The number of rotatable bonds is 4. The van der Waals surface area contributed by atoms with E-state index in [1.54, 1.807) is 6.92 Å². The third-order valence-electron chi connectivity index (χ3n) is 4.56. The first kappa shape index (κ1) is 15.7. The topological polar surface area (TPSA) is 54.3 Å². The zero-order chi connectivity index (χ0) is 16.4. The summed E-state index contributed by atoms with van der Waals surface area (Å²) in [7, 11) is 2.01. The number of carbonyl (C=O) groups excluding carboxylic acids is 1. The zero-order valence-corrected chi connectivity index (χ0v) is 14.0. The highest BCUT2D eigenvalue weighted by Crippen LogP contribution is 2.18. The van der Waals surface area contributed by atoms with Gasteiger partial charge in [0.2, 0.25) is 0 Å². The molecule has 122 valence electrons. The van der Waals surface area contributed by atoms with Gasteiger partial charge in [-0.25, -0.2) is 0 Å². The first-order valence-corrected chi connectivity index (χ1v) is 7.98. The molecule has 1 aliphatic rings. The molecule has 1 aromatic carbocycles. The van der Waals surface area contributed by atoms with Gasteiger partial charge in [0.05, 0.1) is 6.54 Å². The molecule has 1 saturated heterocycles. The Hall–Kier alpha value is -2.21. The monoisotopic (exact) mass is 313 g/mol. The summed E-state index contributed by atoms with van der Waals surface area (Å²) in [4.78, 5) is 16.1. The first-order valence-electron chi connectivity index (χ1n) is 7.98. The van der Waals surface area contributed by atoms with Crippen molar-refractivity contribution in [3.05, 3.63) is 41.5 Å². The molecule has 0 radical (unpaired) electrons. The lowest BCUT2D eigenvalue weighted by Gasteiger charge is -2.35. The van der Waals surface area contributed by atoms with E-state index in [-0.39, 0.29) is 5.78 Å². The van der Waals surface area contributed by atoms with E-state index in [9.17, 15) is 4.79 Å². The Morgan fingerprint density at radius 1 is 1.09 bits per heavy atom. The van der Waals surface area contributed by atoms with E-state index in [1.165, 1.54) is 5.69 Å². The second-order valence-corrected chi connectivity index (χ2v) is 6.09. The van der Waals surface area contributed by atoms with Crippen molar-refractivity contribution in [2.24, 2.45) is 7.05 Å². The molecule has 0 saturated carbocycles. The average Bonchev–Trinajstić information content (AvgIpc) is 2.88. The van der Waals surface area contributed by atoms with Crippen LogP contribution in [0.3, 0.4) is 0 Å². The SMILES string of the molecule is CC(=O)c1ccc(N2CCN(Cc3nnc(C)n3C)CC2)cc1. The van der Waals surface area contributed by atoms with Gasteiger partial charge >= 0.3 is 0 Å². The van der Waals surface area contributed by atoms with Crippen LogP contribution in [0.15, 0.2) is 24.3 Å². The predicted molar refractivity (Wildman–Crippen MR) is 89.7 cm³/mol. The summed E-state index contributed by atoms with van der Waals surface area (Å²) in [5.74, 6) is 2.08. The number of hydrogen-bond donors (Lipinski definition) is 0. The van der Waals surface area contributed by atoms with Crippen LogP contribution in [0.25, 0.3) is 0 Å². The number of hydrogen-bond acceptors (Lipinski definition) is 5. The normalized spacial score (nSPS) is 15.9. The van der Waals surface area contributed by atoms with E-state index in [0.717, 1.165) is 49.9 Å². The largest absolute Gasteiger partial charge is 0.369 e. The number of piperazine rings is 1. The number of ketones is 1. The number of Topliss-reactive ketones (excluding diaryl/α,β-unsaturated/α-hetero) is 1. The molecular weight excluding hydrogens is 290 g/mol. The van der Waals surface area contributed by atoms with Crippen LogP contribution in [0.2, 0.25) is 0 Å². The molecule has 0 unspecified atom stereocenters. The number of carbonyl (C=O) groups is 1. The Morgan fingerprint density at radius 2 is 1.74 bits per heavy atom. The quantitative estimate of drug-likeness (QED) is 0.803. The van der Waals surface area contributed by atoms with Crippen molar-refractivity contribution in [3.8, 4) is 0 Å². The highest BCUT2D eigenvalue weighted by Gasteiger charge is 2.19. The number of aryl methyl sites for hydroxylation is 1. The Kier molecular flexibility index (Phi) is 4.43. The van der Waals surface area contributed by atoms with Crippen molar-refractivity contribution in [1.82, 2.24) is 19.7 Å². The fourth-order valence-electron chi connectivity index (χ4n) is 2.86. The van der Waals surface area contributed by atoms with Crippen LogP contribution < -0.4 is 4.90 Å². The van der Waals surface area contributed by atoms with Crippen LogP contribution in [0, 0.1) is 6.92 Å². The third kappa shape index (κ3) is 3.42. The molecule has 2 aromatic rings. The van der Waals surface area contributed by atoms with Crippen molar-refractivity contribution in [2.75, 3.05) is 31.1 Å². The Morgan fingerprint density at radius 3 is 2.26 bits per heavy atom. The lowest BCUT2D eigenvalue weighted by atomic mass is 10.1. The van der Waals surface area contributed by atoms with Crippen LogP contribution in [-0.2, 0) is 13.6 Å². The summed E-state index contributed by atoms with van der Waals surface area (Å²) in [6.07, 6.45) is 0. The van der Waals surface area contributed by atoms with E-state index in [1.807, 2.05) is 42.8 Å². The molecule has 0 bridgehead atoms. The molecule has 2 heterocycles. The third-order valence-corrected chi connectivity index (χ3v) is 4.56. The van der Waals surface area contributed by atoms with Gasteiger partial charge < -0.3 is 9.47 Å². The summed E-state index contributed by atoms with van der Waals surface area (Å²) >= 11 is 0. The van der Waals surface area contributed by atoms with E-state index >= 15 is 0 Å². The van der Waals surface area contributed by atoms with Gasteiger partial charge in [-0.2, -0.15) is 0 Å². The van der Waals surface area contributed by atoms with E-state index < -0.39 is 0 Å². The molecule has 0 N–H and O–H groups in total. The average molecular weight is 313 g/mol. The Labute approximate surface area is 136 Å². The maximum Gasteiger partial charge on any atom is 0.159 e. The molecule has 0 spiro atoms. The van der Waals surface area contributed by atoms with Gasteiger partial charge in [0.25, 0.3) is 0 Å². The fraction of sp³-hybridized carbons (Fsp3) is 0.471. The molecule has 1 aromatic heterocycles. The van der Waals surface area contributed by atoms with Crippen molar-refractivity contribution >= 4 is 11.5 Å². The number of benzene rings is 1.